The van der Waals surface area contributed by atoms with Crippen molar-refractivity contribution in [2.24, 2.45) is 0 Å². The normalized spacial score (nSPS) is 23.5. The zero-order valence-corrected chi connectivity index (χ0v) is 31.0. The minimum Gasteiger partial charge on any atom is -0.507 e. The van der Waals surface area contributed by atoms with Crippen LogP contribution in [0.25, 0.3) is 22.3 Å². The van der Waals surface area contributed by atoms with Gasteiger partial charge in [-0.3, -0.25) is 0 Å². The van der Waals surface area contributed by atoms with E-state index in [-0.39, 0.29) is 79.7 Å². The maximum absolute atomic E-state index is 11.5. The van der Waals surface area contributed by atoms with Gasteiger partial charge in [0.15, 0.2) is 23.0 Å². The fourth-order valence-electron chi connectivity index (χ4n) is 7.40. The molecule has 1 saturated heterocycles. The molecular weight excluding hydrogens is 768 g/mol. The van der Waals surface area contributed by atoms with E-state index in [0.29, 0.717) is 0 Å². The first-order chi connectivity index (χ1) is 27.6. The fourth-order valence-corrected chi connectivity index (χ4v) is 7.40. The lowest BCUT2D eigenvalue weighted by molar-refractivity contribution is -0.277. The lowest BCUT2D eigenvalue weighted by atomic mass is 9.85. The van der Waals surface area contributed by atoms with E-state index < -0.39 is 89.9 Å². The molecule has 0 amide bonds. The molecule has 7 rings (SSSR count). The number of fused-ring (bicyclic) bond motifs is 2. The summed E-state index contributed by atoms with van der Waals surface area (Å²) < 4.78 is 35.0. The van der Waals surface area contributed by atoms with Gasteiger partial charge >= 0.3 is 11.3 Å². The highest BCUT2D eigenvalue weighted by Crippen LogP contribution is 2.54. The minimum atomic E-state index is -1.87. The van der Waals surface area contributed by atoms with Crippen molar-refractivity contribution in [3.8, 4) is 74.6 Å². The largest absolute Gasteiger partial charge is 0.507 e. The maximum Gasteiger partial charge on any atom is 0.402 e. The quantitative estimate of drug-likeness (QED) is 0.0752. The van der Waals surface area contributed by atoms with Crippen LogP contribution in [0, 0.1) is 0 Å². The number of aliphatic hydroxyl groups is 5. The standard InChI is InChI=1S/C40H40O18/c1-14(30-23(46)11-20(43)17-9-25(48)36(57-38(17)30)15-4-5-19(42)22(45)6-15)31-24(47)12-21(44)18-10-28(55-40-35(52)34(51)33(50)29(13-41)56-40)37(58-39(18)31)16-7-26(53-2)32(49)27(8-16)54-3/h4-8,10-12,14,25,29,33-36,40-41,48,50-52H,9,13H2,1-3H3,(H6-,42,43,44,45,46,47,49)/p+1/t14-,25-,29-,33-,34+,35-,36-,40-/m1/s1. The molecule has 18 nitrogen and oxygen atoms in total. The van der Waals surface area contributed by atoms with Crippen LogP contribution in [0.3, 0.4) is 0 Å². The third kappa shape index (κ3) is 6.74. The molecule has 308 valence electrons. The third-order valence-electron chi connectivity index (χ3n) is 10.4. The second-order valence-electron chi connectivity index (χ2n) is 14.0. The van der Waals surface area contributed by atoms with Crippen molar-refractivity contribution >= 4 is 11.0 Å². The molecule has 3 heterocycles. The van der Waals surface area contributed by atoms with Crippen LogP contribution in [-0.4, -0.2) is 119 Å². The molecule has 1 aromatic heterocycles. The summed E-state index contributed by atoms with van der Waals surface area (Å²) in [6.45, 7) is 0.788. The van der Waals surface area contributed by atoms with Crippen molar-refractivity contribution in [3.63, 3.8) is 0 Å². The van der Waals surface area contributed by atoms with E-state index >= 15 is 0 Å². The van der Waals surface area contributed by atoms with Crippen molar-refractivity contribution in [3.05, 3.63) is 70.8 Å². The van der Waals surface area contributed by atoms with Crippen molar-refractivity contribution in [1.82, 2.24) is 0 Å². The van der Waals surface area contributed by atoms with E-state index in [9.17, 15) is 61.3 Å². The van der Waals surface area contributed by atoms with Crippen LogP contribution in [0.1, 0.15) is 41.2 Å². The van der Waals surface area contributed by atoms with E-state index in [4.69, 9.17) is 28.1 Å². The third-order valence-corrected chi connectivity index (χ3v) is 10.4. The molecule has 1 fully saturated rings. The van der Waals surface area contributed by atoms with Gasteiger partial charge in [0.1, 0.15) is 70.2 Å². The topological polar surface area (TPSA) is 300 Å². The van der Waals surface area contributed by atoms with Gasteiger partial charge in [0.2, 0.25) is 17.8 Å². The number of aromatic hydroxyl groups is 7. The lowest BCUT2D eigenvalue weighted by Crippen LogP contribution is -2.60. The summed E-state index contributed by atoms with van der Waals surface area (Å²) in [6, 6.07) is 9.75. The Hall–Kier alpha value is -6.15. The number of phenolic OH excluding ortho intramolecular Hbond substituents is 7. The molecular formula is C40H41O18+. The van der Waals surface area contributed by atoms with Crippen LogP contribution in [0.15, 0.2) is 52.9 Å². The molecule has 12 N–H and O–H groups in total. The van der Waals surface area contributed by atoms with Gasteiger partial charge in [-0.15, -0.1) is 0 Å². The van der Waals surface area contributed by atoms with Gasteiger partial charge in [-0.2, -0.15) is 0 Å². The number of rotatable bonds is 9. The van der Waals surface area contributed by atoms with Crippen LogP contribution < -0.4 is 18.9 Å². The smallest absolute Gasteiger partial charge is 0.402 e. The van der Waals surface area contributed by atoms with Crippen molar-refractivity contribution in [2.45, 2.75) is 62.2 Å². The Balaban J connectivity index is 1.43. The van der Waals surface area contributed by atoms with E-state index in [2.05, 4.69) is 0 Å². The summed E-state index contributed by atoms with van der Waals surface area (Å²) in [5.41, 5.74) is 0.189. The van der Waals surface area contributed by atoms with E-state index in [1.807, 2.05) is 0 Å². The van der Waals surface area contributed by atoms with Gasteiger partial charge in [0, 0.05) is 53.8 Å². The van der Waals surface area contributed by atoms with E-state index in [1.165, 1.54) is 50.6 Å². The van der Waals surface area contributed by atoms with E-state index in [0.717, 1.165) is 12.1 Å². The average Bonchev–Trinajstić information content (AvgIpc) is 3.19. The van der Waals surface area contributed by atoms with Gasteiger partial charge in [0.05, 0.1) is 32.5 Å². The van der Waals surface area contributed by atoms with Crippen molar-refractivity contribution in [2.75, 3.05) is 20.8 Å². The summed E-state index contributed by atoms with van der Waals surface area (Å²) in [7, 11) is 2.55. The zero-order chi connectivity index (χ0) is 41.9. The maximum atomic E-state index is 11.5. The van der Waals surface area contributed by atoms with Crippen LogP contribution in [0.4, 0.5) is 0 Å². The number of hydrogen-bond donors (Lipinski definition) is 12. The van der Waals surface area contributed by atoms with Crippen LogP contribution >= 0.6 is 0 Å². The number of phenols is 7. The summed E-state index contributed by atoms with van der Waals surface area (Å²) in [5, 5.41) is 128. The fraction of sp³-hybridized carbons (Fsp3) is 0.325. The molecule has 2 aliphatic heterocycles. The Morgan fingerprint density at radius 1 is 0.724 bits per heavy atom. The number of methoxy groups -OCH3 is 2. The molecule has 2 aliphatic rings. The second kappa shape index (κ2) is 15.3. The van der Waals surface area contributed by atoms with Gasteiger partial charge in [-0.25, -0.2) is 4.42 Å². The van der Waals surface area contributed by atoms with Crippen LogP contribution in [-0.2, 0) is 11.2 Å². The molecule has 8 atom stereocenters. The highest BCUT2D eigenvalue weighted by Gasteiger charge is 2.46. The van der Waals surface area contributed by atoms with Crippen LogP contribution in [0.2, 0.25) is 0 Å². The predicted octanol–water partition coefficient (Wildman–Crippen LogP) is 2.70. The summed E-state index contributed by atoms with van der Waals surface area (Å²) >= 11 is 0. The first kappa shape index (κ1) is 40.1. The highest BCUT2D eigenvalue weighted by molar-refractivity contribution is 5.92. The Morgan fingerprint density at radius 3 is 2.02 bits per heavy atom. The molecule has 18 heteroatoms. The number of ether oxygens (including phenoxy) is 5. The Labute approximate surface area is 328 Å². The number of hydrogen-bond acceptors (Lipinski definition) is 17. The SMILES string of the molecule is COc1cc(-c2[o+]c3c([C@H](C)c4c(O)cc(O)c5c4O[C@H](c4ccc(O)c(O)c4)[C@H](O)C5)c(O)cc(O)c3cc2O[C@@H]2O[C@H](CO)[C@@H](O)[C@H](O)[C@H]2O)cc(OC)c1O. The van der Waals surface area contributed by atoms with Crippen LogP contribution in [0.5, 0.6) is 63.2 Å². The van der Waals surface area contributed by atoms with Gasteiger partial charge in [-0.05, 0) is 17.7 Å². The van der Waals surface area contributed by atoms with Gasteiger partial charge in [-0.1, -0.05) is 13.0 Å². The molecule has 4 aromatic carbocycles. The van der Waals surface area contributed by atoms with Gasteiger partial charge in [0.25, 0.3) is 0 Å². The number of aliphatic hydroxyl groups excluding tert-OH is 5. The molecule has 0 unspecified atom stereocenters. The molecule has 0 saturated carbocycles. The number of benzene rings is 4. The molecule has 58 heavy (non-hydrogen) atoms. The summed E-state index contributed by atoms with van der Waals surface area (Å²) in [6.07, 6.45) is -11.1. The Kier molecular flexibility index (Phi) is 10.6. The predicted molar refractivity (Wildman–Crippen MR) is 199 cm³/mol. The first-order valence-corrected chi connectivity index (χ1v) is 17.8. The first-order valence-electron chi connectivity index (χ1n) is 17.8. The monoisotopic (exact) mass is 809 g/mol. The average molecular weight is 810 g/mol. The molecule has 0 spiro atoms. The Bertz CT molecular complexity index is 2350. The summed E-state index contributed by atoms with van der Waals surface area (Å²) in [4.78, 5) is 0. The minimum absolute atomic E-state index is 0.00126. The highest BCUT2D eigenvalue weighted by atomic mass is 16.7. The molecule has 0 bridgehead atoms. The van der Waals surface area contributed by atoms with E-state index in [1.54, 1.807) is 6.92 Å². The van der Waals surface area contributed by atoms with Crippen molar-refractivity contribution < 1.29 is 89.4 Å². The summed E-state index contributed by atoms with van der Waals surface area (Å²) in [5.74, 6) is -5.12. The zero-order valence-electron chi connectivity index (χ0n) is 31.0. The molecule has 0 radical (unpaired) electrons. The Morgan fingerprint density at radius 2 is 1.38 bits per heavy atom. The second-order valence-corrected chi connectivity index (χ2v) is 14.0. The lowest BCUT2D eigenvalue weighted by Gasteiger charge is -2.39. The molecule has 5 aromatic rings. The van der Waals surface area contributed by atoms with Crippen molar-refractivity contribution in [1.29, 1.82) is 0 Å². The van der Waals surface area contributed by atoms with Gasteiger partial charge < -0.3 is 85.0 Å². The molecule has 0 aliphatic carbocycles.